The lowest BCUT2D eigenvalue weighted by Crippen LogP contribution is -2.19. The van der Waals surface area contributed by atoms with Crippen LogP contribution >= 0.6 is 22.9 Å². The Morgan fingerprint density at radius 3 is 2.67 bits per heavy atom. The molecule has 0 aliphatic carbocycles. The summed E-state index contributed by atoms with van der Waals surface area (Å²) in [6.45, 7) is 1.66. The Labute approximate surface area is 76.8 Å². The standard InChI is InChI=1S/C6H6ClF2NOS/c1-3-10-4(2-12-3)5(11)6(7,8)9/h2,5,11H,1H3. The molecule has 1 N–H and O–H groups in total. The fourth-order valence-corrected chi connectivity index (χ4v) is 1.42. The molecule has 2 nitrogen and oxygen atoms in total. The van der Waals surface area contributed by atoms with Crippen LogP contribution in [0.15, 0.2) is 5.38 Å². The van der Waals surface area contributed by atoms with Gasteiger partial charge in [0.25, 0.3) is 0 Å². The Kier molecular flexibility index (Phi) is 2.65. The molecule has 0 aromatic carbocycles. The summed E-state index contributed by atoms with van der Waals surface area (Å²) in [6, 6.07) is 0. The second-order valence-electron chi connectivity index (χ2n) is 2.24. The van der Waals surface area contributed by atoms with Crippen LogP contribution in [0.2, 0.25) is 0 Å². The number of nitrogens with zero attached hydrogens (tertiary/aromatic N) is 1. The average molecular weight is 214 g/mol. The van der Waals surface area contributed by atoms with E-state index in [-0.39, 0.29) is 5.69 Å². The van der Waals surface area contributed by atoms with Crippen LogP contribution in [0.25, 0.3) is 0 Å². The zero-order valence-electron chi connectivity index (χ0n) is 6.09. The lowest BCUT2D eigenvalue weighted by molar-refractivity contribution is -0.0443. The van der Waals surface area contributed by atoms with Gasteiger partial charge in [0.1, 0.15) is 0 Å². The van der Waals surface area contributed by atoms with E-state index < -0.39 is 11.5 Å². The second kappa shape index (κ2) is 3.24. The first kappa shape index (κ1) is 9.83. The first-order valence-corrected chi connectivity index (χ1v) is 4.34. The first-order valence-electron chi connectivity index (χ1n) is 3.08. The van der Waals surface area contributed by atoms with Crippen LogP contribution in [-0.2, 0) is 0 Å². The van der Waals surface area contributed by atoms with Gasteiger partial charge in [-0.1, -0.05) is 0 Å². The third-order valence-electron chi connectivity index (χ3n) is 1.23. The Morgan fingerprint density at radius 1 is 1.75 bits per heavy atom. The maximum atomic E-state index is 12.3. The smallest absolute Gasteiger partial charge is 0.352 e. The van der Waals surface area contributed by atoms with E-state index >= 15 is 0 Å². The van der Waals surface area contributed by atoms with Gasteiger partial charge in [-0.05, 0) is 18.5 Å². The van der Waals surface area contributed by atoms with Gasteiger partial charge in [-0.3, -0.25) is 0 Å². The number of hydrogen-bond donors (Lipinski definition) is 1. The molecule has 1 aromatic heterocycles. The van der Waals surface area contributed by atoms with Gasteiger partial charge < -0.3 is 5.11 Å². The van der Waals surface area contributed by atoms with Crippen LogP contribution in [0.4, 0.5) is 8.78 Å². The van der Waals surface area contributed by atoms with Gasteiger partial charge >= 0.3 is 5.38 Å². The van der Waals surface area contributed by atoms with Gasteiger partial charge in [-0.25, -0.2) is 4.98 Å². The largest absolute Gasteiger partial charge is 0.379 e. The summed E-state index contributed by atoms with van der Waals surface area (Å²) in [5.74, 6) is 0. The number of aromatic nitrogens is 1. The van der Waals surface area contributed by atoms with Crippen molar-refractivity contribution in [2.75, 3.05) is 0 Å². The number of aryl methyl sites for hydroxylation is 1. The zero-order chi connectivity index (χ0) is 9.35. The van der Waals surface area contributed by atoms with Gasteiger partial charge in [-0.15, -0.1) is 11.3 Å². The SMILES string of the molecule is Cc1nc(C(O)C(F)(F)Cl)cs1. The summed E-state index contributed by atoms with van der Waals surface area (Å²) in [7, 11) is 0. The van der Waals surface area contributed by atoms with Crippen molar-refractivity contribution in [1.29, 1.82) is 0 Å². The quantitative estimate of drug-likeness (QED) is 0.765. The van der Waals surface area contributed by atoms with Crippen LogP contribution in [0.1, 0.15) is 16.8 Å². The van der Waals surface area contributed by atoms with Crippen LogP contribution in [0.5, 0.6) is 0 Å². The molecule has 0 bridgehead atoms. The molecule has 1 aromatic rings. The van der Waals surface area contributed by atoms with Crippen molar-refractivity contribution in [3.05, 3.63) is 16.1 Å². The molecule has 12 heavy (non-hydrogen) atoms. The van der Waals surface area contributed by atoms with Crippen LogP contribution < -0.4 is 0 Å². The number of rotatable bonds is 2. The molecule has 1 rings (SSSR count). The van der Waals surface area contributed by atoms with Crippen molar-refractivity contribution < 1.29 is 13.9 Å². The van der Waals surface area contributed by atoms with Gasteiger partial charge in [0.15, 0.2) is 6.10 Å². The molecule has 0 saturated heterocycles. The topological polar surface area (TPSA) is 33.1 Å². The number of aliphatic hydroxyl groups is 1. The van der Waals surface area contributed by atoms with E-state index in [4.69, 9.17) is 5.11 Å². The molecule has 0 amide bonds. The predicted molar refractivity (Wildman–Crippen MR) is 42.6 cm³/mol. The van der Waals surface area contributed by atoms with Crippen molar-refractivity contribution in [1.82, 2.24) is 4.98 Å². The molecule has 0 fully saturated rings. The lowest BCUT2D eigenvalue weighted by Gasteiger charge is -2.12. The predicted octanol–water partition coefficient (Wildman–Crippen LogP) is 2.32. The highest BCUT2D eigenvalue weighted by Crippen LogP contribution is 2.34. The number of thiazole rings is 1. The molecule has 0 radical (unpaired) electrons. The van der Waals surface area contributed by atoms with E-state index in [0.717, 1.165) is 0 Å². The summed E-state index contributed by atoms with van der Waals surface area (Å²) in [5.41, 5.74) is -0.0856. The highest BCUT2D eigenvalue weighted by molar-refractivity contribution is 7.09. The van der Waals surface area contributed by atoms with Crippen molar-refractivity contribution in [3.63, 3.8) is 0 Å². The normalized spacial score (nSPS) is 14.8. The Hall–Kier alpha value is -0.260. The molecule has 68 valence electrons. The van der Waals surface area contributed by atoms with Crippen molar-refractivity contribution >= 4 is 22.9 Å². The van der Waals surface area contributed by atoms with E-state index in [1.807, 2.05) is 0 Å². The van der Waals surface area contributed by atoms with Gasteiger partial charge in [0.05, 0.1) is 10.7 Å². The fourth-order valence-electron chi connectivity index (χ4n) is 0.673. The summed E-state index contributed by atoms with van der Waals surface area (Å²) in [5, 5.41) is 7.25. The monoisotopic (exact) mass is 213 g/mol. The summed E-state index contributed by atoms with van der Waals surface area (Å²) in [4.78, 5) is 3.68. The van der Waals surface area contributed by atoms with Crippen LogP contribution in [-0.4, -0.2) is 15.5 Å². The maximum absolute atomic E-state index is 12.3. The van der Waals surface area contributed by atoms with E-state index in [9.17, 15) is 8.78 Å². The van der Waals surface area contributed by atoms with Crippen molar-refractivity contribution in [2.45, 2.75) is 18.4 Å². The summed E-state index contributed by atoms with van der Waals surface area (Å²) >= 11 is 5.79. The average Bonchev–Trinajstić information content (AvgIpc) is 2.32. The Morgan fingerprint density at radius 2 is 2.33 bits per heavy atom. The zero-order valence-corrected chi connectivity index (χ0v) is 7.66. The van der Waals surface area contributed by atoms with Gasteiger partial charge in [0, 0.05) is 5.38 Å². The second-order valence-corrected chi connectivity index (χ2v) is 3.80. The van der Waals surface area contributed by atoms with E-state index in [1.165, 1.54) is 16.7 Å². The van der Waals surface area contributed by atoms with Crippen LogP contribution in [0, 0.1) is 6.92 Å². The number of halogens is 3. The maximum Gasteiger partial charge on any atom is 0.352 e. The molecular weight excluding hydrogens is 208 g/mol. The van der Waals surface area contributed by atoms with Gasteiger partial charge in [0.2, 0.25) is 0 Å². The number of aliphatic hydroxyl groups excluding tert-OH is 1. The molecule has 1 heterocycles. The third kappa shape index (κ3) is 2.12. The van der Waals surface area contributed by atoms with Crippen molar-refractivity contribution in [2.24, 2.45) is 0 Å². The first-order chi connectivity index (χ1) is 5.41. The minimum atomic E-state index is -3.65. The molecular formula is C6H6ClF2NOS. The molecule has 0 aliphatic heterocycles. The molecule has 0 saturated carbocycles. The number of alkyl halides is 3. The summed E-state index contributed by atoms with van der Waals surface area (Å²) in [6.07, 6.45) is -2.02. The van der Waals surface area contributed by atoms with Crippen LogP contribution in [0.3, 0.4) is 0 Å². The Balaban J connectivity index is 2.85. The third-order valence-corrected chi connectivity index (χ3v) is 2.23. The molecule has 1 unspecified atom stereocenters. The highest BCUT2D eigenvalue weighted by Gasteiger charge is 2.38. The molecule has 1 atom stereocenters. The van der Waals surface area contributed by atoms with Gasteiger partial charge in [-0.2, -0.15) is 8.78 Å². The molecule has 6 heteroatoms. The molecule has 0 spiro atoms. The van der Waals surface area contributed by atoms with E-state index in [0.29, 0.717) is 5.01 Å². The molecule has 0 aliphatic rings. The van der Waals surface area contributed by atoms with E-state index in [2.05, 4.69) is 16.6 Å². The highest BCUT2D eigenvalue weighted by atomic mass is 35.5. The number of hydrogen-bond acceptors (Lipinski definition) is 3. The Bertz CT molecular complexity index is 273. The van der Waals surface area contributed by atoms with E-state index in [1.54, 1.807) is 6.92 Å². The minimum absolute atomic E-state index is 0.0856. The minimum Gasteiger partial charge on any atom is -0.379 e. The van der Waals surface area contributed by atoms with Crippen molar-refractivity contribution in [3.8, 4) is 0 Å². The lowest BCUT2D eigenvalue weighted by atomic mass is 10.3. The fraction of sp³-hybridized carbons (Fsp3) is 0.500. The summed E-state index contributed by atoms with van der Waals surface area (Å²) < 4.78 is 24.6.